The van der Waals surface area contributed by atoms with E-state index in [4.69, 9.17) is 4.74 Å². The molecule has 0 radical (unpaired) electrons. The summed E-state index contributed by atoms with van der Waals surface area (Å²) in [5.74, 6) is 0.190. The minimum Gasteiger partial charge on any atom is -0.481 e. The van der Waals surface area contributed by atoms with Gasteiger partial charge in [0.25, 0.3) is 11.8 Å². The zero-order chi connectivity index (χ0) is 20.0. The standard InChI is InChI=1S/C22H28N2O3/c1-6-16-10-12-19(13-11-16)27-15(2)20(25)23-18-9-7-8-17(14-18)21(26)24-22(3,4)5/h7-15H,6H2,1-5H3,(H,23,25)(H,24,26). The van der Waals surface area contributed by atoms with Gasteiger partial charge in [-0.2, -0.15) is 0 Å². The van der Waals surface area contributed by atoms with E-state index in [1.807, 2.05) is 45.0 Å². The van der Waals surface area contributed by atoms with Crippen molar-refractivity contribution >= 4 is 17.5 Å². The summed E-state index contributed by atoms with van der Waals surface area (Å²) in [7, 11) is 0. The van der Waals surface area contributed by atoms with Gasteiger partial charge in [0.15, 0.2) is 6.10 Å². The van der Waals surface area contributed by atoms with E-state index in [0.29, 0.717) is 17.0 Å². The van der Waals surface area contributed by atoms with Crippen LogP contribution in [0.5, 0.6) is 5.75 Å². The number of anilines is 1. The Labute approximate surface area is 161 Å². The van der Waals surface area contributed by atoms with Crippen LogP contribution in [0.3, 0.4) is 0 Å². The fourth-order valence-electron chi connectivity index (χ4n) is 2.46. The smallest absolute Gasteiger partial charge is 0.265 e. The summed E-state index contributed by atoms with van der Waals surface area (Å²) >= 11 is 0. The van der Waals surface area contributed by atoms with Gasteiger partial charge < -0.3 is 15.4 Å². The molecule has 27 heavy (non-hydrogen) atoms. The van der Waals surface area contributed by atoms with Crippen molar-refractivity contribution in [2.45, 2.75) is 52.7 Å². The van der Waals surface area contributed by atoms with Crippen molar-refractivity contribution in [3.05, 3.63) is 59.7 Å². The molecule has 0 heterocycles. The van der Waals surface area contributed by atoms with Gasteiger partial charge in [0, 0.05) is 16.8 Å². The first-order valence-corrected chi connectivity index (χ1v) is 9.17. The number of ether oxygens (including phenoxy) is 1. The molecule has 0 saturated carbocycles. The molecule has 0 spiro atoms. The maximum Gasteiger partial charge on any atom is 0.265 e. The largest absolute Gasteiger partial charge is 0.481 e. The van der Waals surface area contributed by atoms with Crippen LogP contribution in [-0.2, 0) is 11.2 Å². The highest BCUT2D eigenvalue weighted by Gasteiger charge is 2.17. The molecule has 0 saturated heterocycles. The van der Waals surface area contributed by atoms with Crippen LogP contribution < -0.4 is 15.4 Å². The summed E-state index contributed by atoms with van der Waals surface area (Å²) in [6, 6.07) is 14.5. The highest BCUT2D eigenvalue weighted by molar-refractivity contribution is 5.98. The van der Waals surface area contributed by atoms with E-state index in [9.17, 15) is 9.59 Å². The SMILES string of the molecule is CCc1ccc(OC(C)C(=O)Nc2cccc(C(=O)NC(C)(C)C)c2)cc1. The summed E-state index contributed by atoms with van der Waals surface area (Å²) in [4.78, 5) is 24.7. The van der Waals surface area contributed by atoms with Crippen molar-refractivity contribution in [1.82, 2.24) is 5.32 Å². The highest BCUT2D eigenvalue weighted by atomic mass is 16.5. The van der Waals surface area contributed by atoms with E-state index >= 15 is 0 Å². The zero-order valence-electron chi connectivity index (χ0n) is 16.6. The second-order valence-corrected chi connectivity index (χ2v) is 7.53. The summed E-state index contributed by atoms with van der Waals surface area (Å²) in [6.45, 7) is 9.54. The lowest BCUT2D eigenvalue weighted by molar-refractivity contribution is -0.122. The molecule has 1 unspecified atom stereocenters. The third-order valence-electron chi connectivity index (χ3n) is 3.89. The lowest BCUT2D eigenvalue weighted by Crippen LogP contribution is -2.40. The van der Waals surface area contributed by atoms with Crippen molar-refractivity contribution < 1.29 is 14.3 Å². The number of benzene rings is 2. The van der Waals surface area contributed by atoms with E-state index in [1.165, 1.54) is 5.56 Å². The maximum atomic E-state index is 12.4. The molecule has 0 aliphatic rings. The second-order valence-electron chi connectivity index (χ2n) is 7.53. The zero-order valence-corrected chi connectivity index (χ0v) is 16.6. The van der Waals surface area contributed by atoms with Gasteiger partial charge in [0.1, 0.15) is 5.75 Å². The lowest BCUT2D eigenvalue weighted by Gasteiger charge is -2.20. The van der Waals surface area contributed by atoms with Gasteiger partial charge in [0.2, 0.25) is 0 Å². The molecule has 0 aliphatic carbocycles. The van der Waals surface area contributed by atoms with Crippen molar-refractivity contribution in [2.75, 3.05) is 5.32 Å². The fourth-order valence-corrected chi connectivity index (χ4v) is 2.46. The number of amides is 2. The average molecular weight is 368 g/mol. The third-order valence-corrected chi connectivity index (χ3v) is 3.89. The number of hydrogen-bond donors (Lipinski definition) is 2. The third kappa shape index (κ3) is 6.44. The van der Waals surface area contributed by atoms with Crippen molar-refractivity contribution in [3.63, 3.8) is 0 Å². The Kier molecular flexibility index (Phi) is 6.61. The summed E-state index contributed by atoms with van der Waals surface area (Å²) in [5, 5.41) is 5.70. The van der Waals surface area contributed by atoms with Crippen LogP contribution in [0.25, 0.3) is 0 Å². The Balaban J connectivity index is 1.99. The van der Waals surface area contributed by atoms with Crippen LogP contribution in [0.15, 0.2) is 48.5 Å². The molecule has 5 nitrogen and oxygen atoms in total. The molecule has 0 aliphatic heterocycles. The fraction of sp³-hybridized carbons (Fsp3) is 0.364. The molecule has 2 aromatic rings. The van der Waals surface area contributed by atoms with E-state index in [2.05, 4.69) is 17.6 Å². The maximum absolute atomic E-state index is 12.4. The number of aryl methyl sites for hydroxylation is 1. The van der Waals surface area contributed by atoms with Crippen LogP contribution in [-0.4, -0.2) is 23.5 Å². The van der Waals surface area contributed by atoms with Crippen LogP contribution >= 0.6 is 0 Å². The van der Waals surface area contributed by atoms with Crippen molar-refractivity contribution in [3.8, 4) is 5.75 Å². The van der Waals surface area contributed by atoms with E-state index in [0.717, 1.165) is 6.42 Å². The Morgan fingerprint density at radius 1 is 1.07 bits per heavy atom. The molecule has 144 valence electrons. The Bertz CT molecular complexity index is 792. The van der Waals surface area contributed by atoms with Gasteiger partial charge in [-0.25, -0.2) is 0 Å². The second kappa shape index (κ2) is 8.71. The molecule has 2 rings (SSSR count). The first-order valence-electron chi connectivity index (χ1n) is 9.17. The van der Waals surface area contributed by atoms with Gasteiger partial charge in [-0.1, -0.05) is 25.1 Å². The monoisotopic (exact) mass is 368 g/mol. The Morgan fingerprint density at radius 3 is 2.33 bits per heavy atom. The molecule has 1 atom stereocenters. The van der Waals surface area contributed by atoms with Crippen molar-refractivity contribution in [2.24, 2.45) is 0 Å². The first-order chi connectivity index (χ1) is 12.7. The van der Waals surface area contributed by atoms with Crippen LogP contribution in [0.1, 0.15) is 50.5 Å². The van der Waals surface area contributed by atoms with Gasteiger partial charge in [-0.3, -0.25) is 9.59 Å². The van der Waals surface area contributed by atoms with E-state index in [-0.39, 0.29) is 17.4 Å². The number of hydrogen-bond acceptors (Lipinski definition) is 3. The molecular weight excluding hydrogens is 340 g/mol. The number of rotatable bonds is 6. The minimum atomic E-state index is -0.662. The molecule has 0 aromatic heterocycles. The average Bonchev–Trinajstić information content (AvgIpc) is 2.61. The van der Waals surface area contributed by atoms with Gasteiger partial charge in [-0.15, -0.1) is 0 Å². The number of carbonyl (C=O) groups is 2. The minimum absolute atomic E-state index is 0.182. The lowest BCUT2D eigenvalue weighted by atomic mass is 10.1. The van der Waals surface area contributed by atoms with Crippen LogP contribution in [0.4, 0.5) is 5.69 Å². The molecule has 2 N–H and O–H groups in total. The van der Waals surface area contributed by atoms with E-state index < -0.39 is 6.10 Å². The number of nitrogens with one attached hydrogen (secondary N) is 2. The topological polar surface area (TPSA) is 67.4 Å². The van der Waals surface area contributed by atoms with Crippen LogP contribution in [0, 0.1) is 0 Å². The Hall–Kier alpha value is -2.82. The quantitative estimate of drug-likeness (QED) is 0.804. The Morgan fingerprint density at radius 2 is 1.74 bits per heavy atom. The van der Waals surface area contributed by atoms with Crippen molar-refractivity contribution in [1.29, 1.82) is 0 Å². The molecular formula is C22H28N2O3. The number of carbonyl (C=O) groups excluding carboxylic acids is 2. The predicted octanol–water partition coefficient (Wildman–Crippen LogP) is 4.18. The highest BCUT2D eigenvalue weighted by Crippen LogP contribution is 2.16. The van der Waals surface area contributed by atoms with Gasteiger partial charge in [0.05, 0.1) is 0 Å². The molecule has 0 bridgehead atoms. The molecule has 5 heteroatoms. The van der Waals surface area contributed by atoms with Gasteiger partial charge >= 0.3 is 0 Å². The molecule has 2 amide bonds. The van der Waals surface area contributed by atoms with Gasteiger partial charge in [-0.05, 0) is 70.0 Å². The summed E-state index contributed by atoms with van der Waals surface area (Å²) < 4.78 is 5.70. The summed E-state index contributed by atoms with van der Waals surface area (Å²) in [6.07, 6.45) is 0.291. The molecule has 0 fully saturated rings. The first kappa shape index (κ1) is 20.5. The van der Waals surface area contributed by atoms with Crippen LogP contribution in [0.2, 0.25) is 0 Å². The molecule has 2 aromatic carbocycles. The normalized spacial score (nSPS) is 12.2. The predicted molar refractivity (Wildman–Crippen MR) is 108 cm³/mol. The van der Waals surface area contributed by atoms with E-state index in [1.54, 1.807) is 31.2 Å². The summed E-state index contributed by atoms with van der Waals surface area (Å²) in [5.41, 5.74) is 1.93.